The smallest absolute Gasteiger partial charge is 0.273 e. The van der Waals surface area contributed by atoms with Crippen LogP contribution in [0.4, 0.5) is 5.69 Å². The minimum absolute atomic E-state index is 0.0136. The van der Waals surface area contributed by atoms with E-state index in [4.69, 9.17) is 0 Å². The second-order valence-electron chi connectivity index (χ2n) is 5.95. The summed E-state index contributed by atoms with van der Waals surface area (Å²) in [5.41, 5.74) is 1.89. The van der Waals surface area contributed by atoms with E-state index < -0.39 is 11.2 Å². The summed E-state index contributed by atoms with van der Waals surface area (Å²) in [6, 6.07) is 15.7. The standard InChI is InChI=1S/C19H18N2O4/c1-13(22)20-18(14-7-3-2-4-8-14)11-15(12-19(20)23)16-9-5-6-10-17(16)21(24)25/h2-11,15,19,23H,12H2,1H3/t15-,19?/m0/s1. The van der Waals surface area contributed by atoms with Crippen molar-refractivity contribution in [3.05, 3.63) is 81.9 Å². The van der Waals surface area contributed by atoms with Gasteiger partial charge in [0.05, 0.1) is 10.6 Å². The van der Waals surface area contributed by atoms with Crippen molar-refractivity contribution in [2.75, 3.05) is 0 Å². The van der Waals surface area contributed by atoms with Gasteiger partial charge in [-0.25, -0.2) is 0 Å². The van der Waals surface area contributed by atoms with Crippen LogP contribution >= 0.6 is 0 Å². The van der Waals surface area contributed by atoms with Crippen molar-refractivity contribution in [1.29, 1.82) is 0 Å². The number of allylic oxidation sites excluding steroid dienone is 1. The van der Waals surface area contributed by atoms with Crippen molar-refractivity contribution in [3.63, 3.8) is 0 Å². The molecule has 1 aliphatic heterocycles. The first-order valence-corrected chi connectivity index (χ1v) is 7.97. The molecule has 2 aromatic carbocycles. The maximum Gasteiger partial charge on any atom is 0.273 e. The van der Waals surface area contributed by atoms with Crippen molar-refractivity contribution in [2.24, 2.45) is 0 Å². The molecule has 2 atom stereocenters. The number of aliphatic hydroxyl groups is 1. The van der Waals surface area contributed by atoms with Crippen LogP contribution in [0.15, 0.2) is 60.7 Å². The molecule has 0 saturated heterocycles. The van der Waals surface area contributed by atoms with Crippen LogP contribution < -0.4 is 0 Å². The molecule has 0 aliphatic carbocycles. The number of hydrogen-bond acceptors (Lipinski definition) is 4. The number of para-hydroxylation sites is 1. The Morgan fingerprint density at radius 2 is 1.80 bits per heavy atom. The minimum Gasteiger partial charge on any atom is -0.373 e. The van der Waals surface area contributed by atoms with Crippen LogP contribution in [0.3, 0.4) is 0 Å². The summed E-state index contributed by atoms with van der Waals surface area (Å²) in [6.07, 6.45) is 0.995. The zero-order valence-electron chi connectivity index (χ0n) is 13.7. The maximum atomic E-state index is 12.0. The summed E-state index contributed by atoms with van der Waals surface area (Å²) in [6.45, 7) is 1.39. The molecule has 1 N–H and O–H groups in total. The number of hydrogen-bond donors (Lipinski definition) is 1. The molecule has 0 aromatic heterocycles. The van der Waals surface area contributed by atoms with Crippen LogP contribution in [0.2, 0.25) is 0 Å². The van der Waals surface area contributed by atoms with Gasteiger partial charge in [-0.15, -0.1) is 0 Å². The number of nitro groups is 1. The van der Waals surface area contributed by atoms with E-state index in [0.29, 0.717) is 11.3 Å². The van der Waals surface area contributed by atoms with Gasteiger partial charge in [-0.2, -0.15) is 0 Å². The molecule has 2 aromatic rings. The van der Waals surface area contributed by atoms with Crippen LogP contribution in [-0.4, -0.2) is 27.1 Å². The molecule has 1 amide bonds. The highest BCUT2D eigenvalue weighted by Gasteiger charge is 2.33. The van der Waals surface area contributed by atoms with Gasteiger partial charge in [0.1, 0.15) is 6.23 Å². The van der Waals surface area contributed by atoms with Gasteiger partial charge in [-0.1, -0.05) is 54.6 Å². The number of nitro benzene ring substituents is 1. The van der Waals surface area contributed by atoms with Crippen LogP contribution in [0.5, 0.6) is 0 Å². The first-order chi connectivity index (χ1) is 12.0. The predicted octanol–water partition coefficient (Wildman–Crippen LogP) is 3.29. The first-order valence-electron chi connectivity index (χ1n) is 7.97. The number of carbonyl (C=O) groups excluding carboxylic acids is 1. The minimum atomic E-state index is -1.04. The van der Waals surface area contributed by atoms with Gasteiger partial charge < -0.3 is 5.11 Å². The molecule has 1 heterocycles. The van der Waals surface area contributed by atoms with Crippen LogP contribution in [-0.2, 0) is 4.79 Å². The summed E-state index contributed by atoms with van der Waals surface area (Å²) in [4.78, 5) is 24.3. The number of nitrogens with zero attached hydrogens (tertiary/aromatic N) is 2. The third kappa shape index (κ3) is 3.29. The highest BCUT2D eigenvalue weighted by Crippen LogP contribution is 2.39. The molecule has 0 bridgehead atoms. The molecule has 1 aliphatic rings. The largest absolute Gasteiger partial charge is 0.373 e. The number of rotatable bonds is 3. The van der Waals surface area contributed by atoms with E-state index >= 15 is 0 Å². The summed E-state index contributed by atoms with van der Waals surface area (Å²) in [5.74, 6) is -0.633. The van der Waals surface area contributed by atoms with E-state index in [0.717, 1.165) is 5.56 Å². The van der Waals surface area contributed by atoms with Gasteiger partial charge in [0, 0.05) is 30.9 Å². The normalized spacial score (nSPS) is 20.1. The first kappa shape index (κ1) is 16.9. The summed E-state index contributed by atoms with van der Waals surface area (Å²) >= 11 is 0. The lowest BCUT2D eigenvalue weighted by atomic mass is 9.88. The Hall–Kier alpha value is -2.99. The Kier molecular flexibility index (Phi) is 4.63. The highest BCUT2D eigenvalue weighted by atomic mass is 16.6. The molecule has 0 radical (unpaired) electrons. The quantitative estimate of drug-likeness (QED) is 0.687. The number of aliphatic hydroxyl groups excluding tert-OH is 1. The van der Waals surface area contributed by atoms with Gasteiger partial charge in [0.25, 0.3) is 5.69 Å². The van der Waals surface area contributed by atoms with E-state index in [1.165, 1.54) is 17.9 Å². The average molecular weight is 338 g/mol. The third-order valence-electron chi connectivity index (χ3n) is 4.32. The maximum absolute atomic E-state index is 12.0. The zero-order valence-corrected chi connectivity index (χ0v) is 13.7. The topological polar surface area (TPSA) is 83.7 Å². The highest BCUT2D eigenvalue weighted by molar-refractivity contribution is 5.86. The summed E-state index contributed by atoms with van der Waals surface area (Å²) in [7, 11) is 0. The van der Waals surface area contributed by atoms with Gasteiger partial charge in [-0.05, 0) is 5.56 Å². The number of carbonyl (C=O) groups is 1. The molecule has 25 heavy (non-hydrogen) atoms. The average Bonchev–Trinajstić information content (AvgIpc) is 2.61. The van der Waals surface area contributed by atoms with Crippen molar-refractivity contribution in [1.82, 2.24) is 4.90 Å². The fraction of sp³-hybridized carbons (Fsp3) is 0.211. The SMILES string of the molecule is CC(=O)N1C(c2ccccc2)=C[C@H](c2ccccc2[N+](=O)[O-])CC1O. The summed E-state index contributed by atoms with van der Waals surface area (Å²) in [5, 5.41) is 21.9. The second-order valence-corrected chi connectivity index (χ2v) is 5.95. The fourth-order valence-electron chi connectivity index (χ4n) is 3.24. The Bertz CT molecular complexity index is 832. The third-order valence-corrected chi connectivity index (χ3v) is 4.32. The lowest BCUT2D eigenvalue weighted by molar-refractivity contribution is -0.385. The second kappa shape index (κ2) is 6.86. The Labute approximate surface area is 145 Å². The lowest BCUT2D eigenvalue weighted by Gasteiger charge is -2.36. The van der Waals surface area contributed by atoms with Crippen molar-refractivity contribution in [3.8, 4) is 0 Å². The fourth-order valence-corrected chi connectivity index (χ4v) is 3.24. The molecule has 6 nitrogen and oxygen atoms in total. The molecule has 1 unspecified atom stereocenters. The van der Waals surface area contributed by atoms with Gasteiger partial charge in [0.2, 0.25) is 5.91 Å². The van der Waals surface area contributed by atoms with Gasteiger partial charge in [-0.3, -0.25) is 19.8 Å². The van der Waals surface area contributed by atoms with Gasteiger partial charge in [0.15, 0.2) is 0 Å². The Balaban J connectivity index is 2.12. The summed E-state index contributed by atoms with van der Waals surface area (Å²) < 4.78 is 0. The molecule has 0 saturated carbocycles. The van der Waals surface area contributed by atoms with Crippen molar-refractivity contribution >= 4 is 17.3 Å². The van der Waals surface area contributed by atoms with E-state index in [2.05, 4.69) is 0 Å². The monoisotopic (exact) mass is 338 g/mol. The molecule has 6 heteroatoms. The molecule has 128 valence electrons. The molecule has 0 fully saturated rings. The Morgan fingerprint density at radius 1 is 1.16 bits per heavy atom. The molecular formula is C19H18N2O4. The van der Waals surface area contributed by atoms with E-state index in [-0.39, 0.29) is 23.9 Å². The number of amides is 1. The van der Waals surface area contributed by atoms with Crippen LogP contribution in [0.1, 0.15) is 30.4 Å². The molecule has 3 rings (SSSR count). The van der Waals surface area contributed by atoms with E-state index in [1.807, 2.05) is 36.4 Å². The molecular weight excluding hydrogens is 320 g/mol. The van der Waals surface area contributed by atoms with E-state index in [1.54, 1.807) is 18.2 Å². The zero-order chi connectivity index (χ0) is 18.0. The van der Waals surface area contributed by atoms with Gasteiger partial charge >= 0.3 is 0 Å². The Morgan fingerprint density at radius 3 is 2.44 bits per heavy atom. The molecule has 0 spiro atoms. The van der Waals surface area contributed by atoms with E-state index in [9.17, 15) is 20.0 Å². The van der Waals surface area contributed by atoms with Crippen molar-refractivity contribution < 1.29 is 14.8 Å². The van der Waals surface area contributed by atoms with Crippen molar-refractivity contribution in [2.45, 2.75) is 25.5 Å². The predicted molar refractivity (Wildman–Crippen MR) is 93.4 cm³/mol. The lowest BCUT2D eigenvalue weighted by Crippen LogP contribution is -2.41. The van der Waals surface area contributed by atoms with Crippen LogP contribution in [0, 0.1) is 10.1 Å². The number of benzene rings is 2. The van der Waals surface area contributed by atoms with Crippen LogP contribution in [0.25, 0.3) is 5.70 Å².